The van der Waals surface area contributed by atoms with Crippen molar-refractivity contribution in [2.45, 2.75) is 44.4 Å². The summed E-state index contributed by atoms with van der Waals surface area (Å²) in [5.41, 5.74) is 5.34. The van der Waals surface area contributed by atoms with Gasteiger partial charge < -0.3 is 5.73 Å². The van der Waals surface area contributed by atoms with Crippen LogP contribution < -0.4 is 10.5 Å². The summed E-state index contributed by atoms with van der Waals surface area (Å²) in [4.78, 5) is 0. The van der Waals surface area contributed by atoms with E-state index in [1.165, 1.54) is 6.42 Å². The molecule has 3 N–H and O–H groups in total. The molecule has 0 aromatic carbocycles. The van der Waals surface area contributed by atoms with E-state index in [0.29, 0.717) is 5.92 Å². The molecule has 0 aromatic heterocycles. The smallest absolute Gasteiger partial charge is 0.215 e. The molecule has 4 nitrogen and oxygen atoms in total. The Balaban J connectivity index is 2.49. The zero-order valence-corrected chi connectivity index (χ0v) is 9.68. The third-order valence-corrected chi connectivity index (χ3v) is 5.02. The maximum atomic E-state index is 11.6. The molecule has 5 heteroatoms. The third-order valence-electron chi connectivity index (χ3n) is 3.07. The molecule has 0 heterocycles. The third kappa shape index (κ3) is 2.68. The highest BCUT2D eigenvalue weighted by atomic mass is 32.2. The van der Waals surface area contributed by atoms with Crippen LogP contribution in [-0.2, 0) is 10.0 Å². The summed E-state index contributed by atoms with van der Waals surface area (Å²) >= 11 is 0. The first-order valence-corrected chi connectivity index (χ1v) is 6.73. The van der Waals surface area contributed by atoms with Crippen LogP contribution in [0.15, 0.2) is 0 Å². The molecule has 1 saturated carbocycles. The fourth-order valence-electron chi connectivity index (χ4n) is 1.54. The molecule has 84 valence electrons. The minimum atomic E-state index is -3.21. The molecule has 0 spiro atoms. The first kappa shape index (κ1) is 11.9. The van der Waals surface area contributed by atoms with Gasteiger partial charge in [-0.2, -0.15) is 0 Å². The van der Waals surface area contributed by atoms with E-state index in [0.717, 1.165) is 12.8 Å². The van der Waals surface area contributed by atoms with E-state index in [4.69, 9.17) is 5.73 Å². The Morgan fingerprint density at radius 1 is 1.43 bits per heavy atom. The number of rotatable bonds is 5. The molecule has 14 heavy (non-hydrogen) atoms. The number of sulfonamides is 1. The van der Waals surface area contributed by atoms with Gasteiger partial charge in [0, 0.05) is 12.6 Å². The Labute approximate surface area is 86.3 Å². The zero-order valence-electron chi connectivity index (χ0n) is 8.86. The highest BCUT2D eigenvalue weighted by molar-refractivity contribution is 7.90. The van der Waals surface area contributed by atoms with Crippen LogP contribution in [0.4, 0.5) is 0 Å². The molecule has 1 fully saturated rings. The maximum absolute atomic E-state index is 11.6. The van der Waals surface area contributed by atoms with E-state index in [1.54, 1.807) is 6.92 Å². The lowest BCUT2D eigenvalue weighted by Crippen LogP contribution is -2.45. The molecular formula is C9H20N2O2S. The summed E-state index contributed by atoms with van der Waals surface area (Å²) in [7, 11) is -3.21. The van der Waals surface area contributed by atoms with Gasteiger partial charge >= 0.3 is 0 Å². The van der Waals surface area contributed by atoms with Gasteiger partial charge in [0.1, 0.15) is 0 Å². The van der Waals surface area contributed by atoms with Gasteiger partial charge in [-0.05, 0) is 32.6 Å². The van der Waals surface area contributed by atoms with Crippen LogP contribution in [0.1, 0.15) is 33.1 Å². The van der Waals surface area contributed by atoms with E-state index in [1.807, 2.05) is 6.92 Å². The molecule has 2 atom stereocenters. The Bertz CT molecular complexity index is 273. The molecule has 0 aromatic rings. The van der Waals surface area contributed by atoms with Crippen LogP contribution >= 0.6 is 0 Å². The molecule has 1 aliphatic rings. The van der Waals surface area contributed by atoms with Gasteiger partial charge in [0.05, 0.1) is 5.25 Å². The molecule has 2 unspecified atom stereocenters. The van der Waals surface area contributed by atoms with Gasteiger partial charge in [-0.1, -0.05) is 6.42 Å². The average molecular weight is 220 g/mol. The monoisotopic (exact) mass is 220 g/mol. The number of nitrogens with one attached hydrogen (secondary N) is 1. The van der Waals surface area contributed by atoms with Crippen LogP contribution in [0.3, 0.4) is 0 Å². The van der Waals surface area contributed by atoms with Crippen LogP contribution in [-0.4, -0.2) is 26.3 Å². The summed E-state index contributed by atoms with van der Waals surface area (Å²) in [6.07, 6.45) is 3.50. The normalized spacial score (nSPS) is 22.8. The second kappa shape index (κ2) is 4.59. The second-order valence-corrected chi connectivity index (χ2v) is 6.32. The molecule has 0 radical (unpaired) electrons. The Kier molecular flexibility index (Phi) is 3.92. The van der Waals surface area contributed by atoms with Gasteiger partial charge in [-0.15, -0.1) is 0 Å². The number of hydrogen-bond acceptors (Lipinski definition) is 3. The van der Waals surface area contributed by atoms with Gasteiger partial charge in [-0.3, -0.25) is 0 Å². The predicted molar refractivity (Wildman–Crippen MR) is 57.4 cm³/mol. The highest BCUT2D eigenvalue weighted by Crippen LogP contribution is 2.29. The molecule has 1 rings (SSSR count). The minimum absolute atomic E-state index is 0.0581. The van der Waals surface area contributed by atoms with Crippen molar-refractivity contribution in [1.82, 2.24) is 4.72 Å². The van der Waals surface area contributed by atoms with Crippen LogP contribution in [0.25, 0.3) is 0 Å². The van der Waals surface area contributed by atoms with Crippen molar-refractivity contribution in [2.24, 2.45) is 11.7 Å². The van der Waals surface area contributed by atoms with Gasteiger partial charge in [-0.25, -0.2) is 13.1 Å². The van der Waals surface area contributed by atoms with Crippen molar-refractivity contribution < 1.29 is 8.42 Å². The summed E-state index contributed by atoms with van der Waals surface area (Å²) in [6.45, 7) is 3.74. The van der Waals surface area contributed by atoms with Crippen LogP contribution in [0, 0.1) is 5.92 Å². The summed E-state index contributed by atoms with van der Waals surface area (Å²) in [5, 5.41) is -0.495. The Morgan fingerprint density at radius 2 is 2.00 bits per heavy atom. The SMILES string of the molecule is CC(NS(=O)(=O)C(C)CN)C1CCC1. The molecule has 1 aliphatic carbocycles. The summed E-state index contributed by atoms with van der Waals surface area (Å²) in [6, 6.07) is 0.0581. The first-order chi connectivity index (χ1) is 6.47. The molecular weight excluding hydrogens is 200 g/mol. The van der Waals surface area contributed by atoms with Gasteiger partial charge in [0.2, 0.25) is 10.0 Å². The fourth-order valence-corrected chi connectivity index (χ4v) is 2.73. The predicted octanol–water partition coefficient (Wildman–Crippen LogP) is 0.442. The molecule has 0 saturated heterocycles. The standard InChI is InChI=1S/C9H20N2O2S/c1-7(6-10)14(12,13)11-8(2)9-4-3-5-9/h7-9,11H,3-6,10H2,1-2H3. The highest BCUT2D eigenvalue weighted by Gasteiger charge is 2.29. The average Bonchev–Trinajstić information content (AvgIpc) is 1.98. The van der Waals surface area contributed by atoms with E-state index >= 15 is 0 Å². The van der Waals surface area contributed by atoms with E-state index < -0.39 is 15.3 Å². The minimum Gasteiger partial charge on any atom is -0.329 e. The lowest BCUT2D eigenvalue weighted by molar-refractivity contribution is 0.260. The van der Waals surface area contributed by atoms with Crippen LogP contribution in [0.5, 0.6) is 0 Å². The van der Waals surface area contributed by atoms with Crippen LogP contribution in [0.2, 0.25) is 0 Å². The largest absolute Gasteiger partial charge is 0.329 e. The first-order valence-electron chi connectivity index (χ1n) is 5.18. The lowest BCUT2D eigenvalue weighted by Gasteiger charge is -2.32. The van der Waals surface area contributed by atoms with Gasteiger partial charge in [0.25, 0.3) is 0 Å². The van der Waals surface area contributed by atoms with E-state index in [2.05, 4.69) is 4.72 Å². The van der Waals surface area contributed by atoms with Crippen molar-refractivity contribution in [2.75, 3.05) is 6.54 Å². The van der Waals surface area contributed by atoms with Crippen molar-refractivity contribution in [1.29, 1.82) is 0 Å². The quantitative estimate of drug-likeness (QED) is 0.706. The summed E-state index contributed by atoms with van der Waals surface area (Å²) < 4.78 is 26.0. The number of hydrogen-bond donors (Lipinski definition) is 2. The van der Waals surface area contributed by atoms with Crippen molar-refractivity contribution in [3.05, 3.63) is 0 Å². The lowest BCUT2D eigenvalue weighted by atomic mass is 9.81. The van der Waals surface area contributed by atoms with Crippen molar-refractivity contribution in [3.63, 3.8) is 0 Å². The second-order valence-electron chi connectivity index (χ2n) is 4.19. The Hall–Kier alpha value is -0.130. The van der Waals surface area contributed by atoms with E-state index in [9.17, 15) is 8.42 Å². The zero-order chi connectivity index (χ0) is 10.8. The van der Waals surface area contributed by atoms with Crippen molar-refractivity contribution in [3.8, 4) is 0 Å². The van der Waals surface area contributed by atoms with Crippen molar-refractivity contribution >= 4 is 10.0 Å². The molecule has 0 aliphatic heterocycles. The fraction of sp³-hybridized carbons (Fsp3) is 1.00. The number of nitrogens with two attached hydrogens (primary N) is 1. The summed E-state index contributed by atoms with van der Waals surface area (Å²) in [5.74, 6) is 0.523. The Morgan fingerprint density at radius 3 is 2.36 bits per heavy atom. The molecule has 0 bridgehead atoms. The molecule has 0 amide bonds. The van der Waals surface area contributed by atoms with E-state index in [-0.39, 0.29) is 12.6 Å². The maximum Gasteiger partial charge on any atom is 0.215 e. The topological polar surface area (TPSA) is 72.2 Å². The van der Waals surface area contributed by atoms with Gasteiger partial charge in [0.15, 0.2) is 0 Å².